The summed E-state index contributed by atoms with van der Waals surface area (Å²) >= 11 is 0. The Kier molecular flexibility index (Phi) is 4.14. The monoisotopic (exact) mass is 364 g/mol. The average molecular weight is 364 g/mol. The lowest BCUT2D eigenvalue weighted by atomic mass is 10.3. The number of hydrogen-bond acceptors (Lipinski definition) is 6. The lowest BCUT2D eigenvalue weighted by molar-refractivity contribution is 0.122. The molecule has 1 fully saturated rings. The summed E-state index contributed by atoms with van der Waals surface area (Å²) in [4.78, 5) is 10.9. The van der Waals surface area contributed by atoms with E-state index in [2.05, 4.69) is 9.97 Å². The number of morpholine rings is 1. The van der Waals surface area contributed by atoms with Gasteiger partial charge < -0.3 is 9.64 Å². The molecule has 0 radical (unpaired) electrons. The summed E-state index contributed by atoms with van der Waals surface area (Å²) in [5.74, 6) is 0.0132. The second-order valence-corrected chi connectivity index (χ2v) is 7.91. The molecule has 0 atom stereocenters. The van der Waals surface area contributed by atoms with Crippen LogP contribution in [-0.4, -0.2) is 49.0 Å². The van der Waals surface area contributed by atoms with Crippen molar-refractivity contribution in [1.82, 2.24) is 14.3 Å². The third-order valence-electron chi connectivity index (χ3n) is 4.34. The Morgan fingerprint density at radius 3 is 2.72 bits per heavy atom. The van der Waals surface area contributed by atoms with Crippen LogP contribution >= 0.6 is 0 Å². The van der Waals surface area contributed by atoms with Gasteiger partial charge in [0.05, 0.1) is 30.3 Å². The Labute approximate surface area is 145 Å². The zero-order valence-corrected chi connectivity index (χ0v) is 14.2. The van der Waals surface area contributed by atoms with E-state index in [-0.39, 0.29) is 18.0 Å². The summed E-state index contributed by atoms with van der Waals surface area (Å²) in [5.41, 5.74) is 1.47. The molecule has 0 amide bonds. The second kappa shape index (κ2) is 6.32. The van der Waals surface area contributed by atoms with Crippen LogP contribution in [0.1, 0.15) is 11.3 Å². The standard InChI is InChI=1S/C16H17FN4O3S/c17-13-2-1-3-14(8-13)25(22,23)21-10-12-9-18-16(19-15(12)11-21)20-4-6-24-7-5-20/h1-3,8-9H,4-7,10-11H2. The molecule has 7 nitrogen and oxygen atoms in total. The van der Waals surface area contributed by atoms with Gasteiger partial charge in [-0.2, -0.15) is 4.31 Å². The topological polar surface area (TPSA) is 75.6 Å². The van der Waals surface area contributed by atoms with Crippen molar-refractivity contribution in [1.29, 1.82) is 0 Å². The molecule has 1 aromatic carbocycles. The van der Waals surface area contributed by atoms with Crippen molar-refractivity contribution < 1.29 is 17.5 Å². The lowest BCUT2D eigenvalue weighted by Crippen LogP contribution is -2.37. The van der Waals surface area contributed by atoms with Crippen LogP contribution < -0.4 is 4.90 Å². The van der Waals surface area contributed by atoms with Gasteiger partial charge in [-0.1, -0.05) is 6.07 Å². The number of halogens is 1. The largest absolute Gasteiger partial charge is 0.378 e. The van der Waals surface area contributed by atoms with Crippen LogP contribution in [0.5, 0.6) is 0 Å². The fourth-order valence-electron chi connectivity index (χ4n) is 2.98. The van der Waals surface area contributed by atoms with Crippen molar-refractivity contribution in [2.24, 2.45) is 0 Å². The molecule has 2 aromatic rings. The van der Waals surface area contributed by atoms with E-state index in [0.717, 1.165) is 11.6 Å². The number of aromatic nitrogens is 2. The number of ether oxygens (including phenoxy) is 1. The van der Waals surface area contributed by atoms with E-state index < -0.39 is 15.8 Å². The quantitative estimate of drug-likeness (QED) is 0.814. The van der Waals surface area contributed by atoms with E-state index in [0.29, 0.717) is 37.9 Å². The Morgan fingerprint density at radius 2 is 1.96 bits per heavy atom. The first-order valence-electron chi connectivity index (χ1n) is 7.97. The van der Waals surface area contributed by atoms with Gasteiger partial charge in [0.15, 0.2) is 0 Å². The maximum atomic E-state index is 13.4. The van der Waals surface area contributed by atoms with Gasteiger partial charge in [-0.05, 0) is 18.2 Å². The van der Waals surface area contributed by atoms with Crippen LogP contribution in [0.25, 0.3) is 0 Å². The first-order chi connectivity index (χ1) is 12.0. The first kappa shape index (κ1) is 16.4. The fourth-order valence-corrected chi connectivity index (χ4v) is 4.39. The van der Waals surface area contributed by atoms with Crippen LogP contribution in [0.4, 0.5) is 10.3 Å². The van der Waals surface area contributed by atoms with E-state index in [1.165, 1.54) is 22.5 Å². The van der Waals surface area contributed by atoms with E-state index in [1.807, 2.05) is 4.90 Å². The Bertz CT molecular complexity index is 900. The zero-order chi connectivity index (χ0) is 17.4. The van der Waals surface area contributed by atoms with Gasteiger partial charge in [-0.25, -0.2) is 22.8 Å². The predicted molar refractivity (Wildman–Crippen MR) is 87.9 cm³/mol. The molecule has 4 rings (SSSR count). The smallest absolute Gasteiger partial charge is 0.243 e. The molecule has 1 aromatic heterocycles. The molecule has 25 heavy (non-hydrogen) atoms. The number of rotatable bonds is 3. The zero-order valence-electron chi connectivity index (χ0n) is 13.4. The molecule has 0 unspecified atom stereocenters. The van der Waals surface area contributed by atoms with Crippen LogP contribution in [0.2, 0.25) is 0 Å². The van der Waals surface area contributed by atoms with Crippen LogP contribution in [0.3, 0.4) is 0 Å². The van der Waals surface area contributed by atoms with Crippen molar-refractivity contribution in [3.05, 3.63) is 47.5 Å². The molecule has 0 saturated carbocycles. The van der Waals surface area contributed by atoms with E-state index >= 15 is 0 Å². The summed E-state index contributed by atoms with van der Waals surface area (Å²) in [7, 11) is -3.77. The molecule has 9 heteroatoms. The van der Waals surface area contributed by atoms with Gasteiger partial charge in [0, 0.05) is 31.4 Å². The van der Waals surface area contributed by atoms with E-state index in [1.54, 1.807) is 6.20 Å². The Hall–Kier alpha value is -2.10. The van der Waals surface area contributed by atoms with Gasteiger partial charge in [-0.15, -0.1) is 0 Å². The number of benzene rings is 1. The van der Waals surface area contributed by atoms with Gasteiger partial charge in [-0.3, -0.25) is 0 Å². The Morgan fingerprint density at radius 1 is 1.16 bits per heavy atom. The number of nitrogens with zero attached hydrogens (tertiary/aromatic N) is 4. The van der Waals surface area contributed by atoms with Crippen LogP contribution in [-0.2, 0) is 27.8 Å². The molecule has 0 bridgehead atoms. The molecule has 2 aliphatic heterocycles. The minimum absolute atomic E-state index is 0.0540. The molecule has 1 saturated heterocycles. The number of anilines is 1. The van der Waals surface area contributed by atoms with Gasteiger partial charge in [0.2, 0.25) is 16.0 Å². The summed E-state index contributed by atoms with van der Waals surface area (Å²) in [5, 5.41) is 0. The van der Waals surface area contributed by atoms with Gasteiger partial charge in [0.1, 0.15) is 5.82 Å². The molecular formula is C16H17FN4O3S. The third kappa shape index (κ3) is 3.10. The normalized spacial score (nSPS) is 18.4. The van der Waals surface area contributed by atoms with Crippen LogP contribution in [0.15, 0.2) is 35.4 Å². The maximum absolute atomic E-state index is 13.4. The fraction of sp³-hybridized carbons (Fsp3) is 0.375. The SMILES string of the molecule is O=S(=O)(c1cccc(F)c1)N1Cc2cnc(N3CCOCC3)nc2C1. The van der Waals surface area contributed by atoms with Crippen molar-refractivity contribution in [3.63, 3.8) is 0 Å². The highest BCUT2D eigenvalue weighted by Crippen LogP contribution is 2.28. The molecule has 0 spiro atoms. The molecule has 132 valence electrons. The van der Waals surface area contributed by atoms with Crippen molar-refractivity contribution in [2.75, 3.05) is 31.2 Å². The highest BCUT2D eigenvalue weighted by Gasteiger charge is 2.32. The molecule has 2 aliphatic rings. The van der Waals surface area contributed by atoms with Crippen LogP contribution in [0, 0.1) is 5.82 Å². The number of hydrogen-bond donors (Lipinski definition) is 0. The Balaban J connectivity index is 1.58. The van der Waals surface area contributed by atoms with Crippen molar-refractivity contribution in [2.45, 2.75) is 18.0 Å². The van der Waals surface area contributed by atoms with Gasteiger partial charge >= 0.3 is 0 Å². The maximum Gasteiger partial charge on any atom is 0.243 e. The molecule has 0 aliphatic carbocycles. The first-order valence-corrected chi connectivity index (χ1v) is 9.41. The third-order valence-corrected chi connectivity index (χ3v) is 6.13. The predicted octanol–water partition coefficient (Wildman–Crippen LogP) is 1.16. The summed E-state index contributed by atoms with van der Waals surface area (Å²) in [6.07, 6.45) is 1.67. The van der Waals surface area contributed by atoms with E-state index in [9.17, 15) is 12.8 Å². The minimum atomic E-state index is -3.77. The van der Waals surface area contributed by atoms with E-state index in [4.69, 9.17) is 4.74 Å². The lowest BCUT2D eigenvalue weighted by Gasteiger charge is -2.26. The highest BCUT2D eigenvalue weighted by atomic mass is 32.2. The minimum Gasteiger partial charge on any atom is -0.378 e. The average Bonchev–Trinajstić information content (AvgIpc) is 3.06. The van der Waals surface area contributed by atoms with Crippen molar-refractivity contribution in [3.8, 4) is 0 Å². The summed E-state index contributed by atoms with van der Waals surface area (Å²) in [6, 6.07) is 5.04. The van der Waals surface area contributed by atoms with Gasteiger partial charge in [0.25, 0.3) is 0 Å². The molecule has 0 N–H and O–H groups in total. The number of fused-ring (bicyclic) bond motifs is 1. The second-order valence-electron chi connectivity index (χ2n) is 5.97. The van der Waals surface area contributed by atoms with Crippen molar-refractivity contribution >= 4 is 16.0 Å². The highest BCUT2D eigenvalue weighted by molar-refractivity contribution is 7.89. The summed E-state index contributed by atoms with van der Waals surface area (Å²) < 4.78 is 45.5. The summed E-state index contributed by atoms with van der Waals surface area (Å²) in [6.45, 7) is 3.03. The number of sulfonamides is 1. The molecular weight excluding hydrogens is 347 g/mol. The molecule has 3 heterocycles.